The molecular weight excluding hydrogens is 343 g/mol. The van der Waals surface area contributed by atoms with Crippen LogP contribution in [0, 0.1) is 12.7 Å². The molecule has 0 aliphatic rings. The molecule has 27 heavy (non-hydrogen) atoms. The molecule has 0 radical (unpaired) electrons. The average Bonchev–Trinajstić information content (AvgIpc) is 2.66. The van der Waals surface area contributed by atoms with Crippen molar-refractivity contribution in [3.8, 4) is 0 Å². The van der Waals surface area contributed by atoms with Gasteiger partial charge in [-0.15, -0.1) is 0 Å². The first-order valence-corrected chi connectivity index (χ1v) is 9.28. The average molecular weight is 370 g/mol. The van der Waals surface area contributed by atoms with Gasteiger partial charge >= 0.3 is 0 Å². The summed E-state index contributed by atoms with van der Waals surface area (Å²) in [6.07, 6.45) is 0.926. The lowest BCUT2D eigenvalue weighted by atomic mass is 10.1. The molecule has 1 N–H and O–H groups in total. The molecule has 2 rings (SSSR count). The second kappa shape index (κ2) is 9.86. The fourth-order valence-corrected chi connectivity index (χ4v) is 2.84. The summed E-state index contributed by atoms with van der Waals surface area (Å²) in [5.41, 5.74) is 3.05. The van der Waals surface area contributed by atoms with Gasteiger partial charge in [0.1, 0.15) is 11.9 Å². The lowest BCUT2D eigenvalue weighted by Crippen LogP contribution is -2.47. The highest BCUT2D eigenvalue weighted by Gasteiger charge is 2.25. The van der Waals surface area contributed by atoms with Gasteiger partial charge in [-0.1, -0.05) is 42.0 Å². The summed E-state index contributed by atoms with van der Waals surface area (Å²) in [4.78, 5) is 26.7. The molecule has 0 heterocycles. The fraction of sp³-hybridized carbons (Fsp3) is 0.364. The maximum Gasteiger partial charge on any atom is 0.242 e. The topological polar surface area (TPSA) is 49.4 Å². The van der Waals surface area contributed by atoms with E-state index in [1.165, 1.54) is 17.7 Å². The molecule has 144 valence electrons. The predicted molar refractivity (Wildman–Crippen MR) is 105 cm³/mol. The van der Waals surface area contributed by atoms with Gasteiger partial charge < -0.3 is 10.2 Å². The van der Waals surface area contributed by atoms with Gasteiger partial charge in [-0.25, -0.2) is 4.39 Å². The van der Waals surface area contributed by atoms with E-state index in [9.17, 15) is 14.0 Å². The summed E-state index contributed by atoms with van der Waals surface area (Å²) in [7, 11) is 0. The third kappa shape index (κ3) is 6.20. The van der Waals surface area contributed by atoms with E-state index in [1.807, 2.05) is 38.1 Å². The Morgan fingerprint density at radius 2 is 1.63 bits per heavy atom. The van der Waals surface area contributed by atoms with Crippen LogP contribution in [-0.2, 0) is 22.6 Å². The van der Waals surface area contributed by atoms with Crippen LogP contribution < -0.4 is 5.32 Å². The van der Waals surface area contributed by atoms with E-state index in [1.54, 1.807) is 24.0 Å². The Morgan fingerprint density at radius 1 is 1.04 bits per heavy atom. The Kier molecular flexibility index (Phi) is 7.53. The molecule has 0 aliphatic carbocycles. The number of rotatable bonds is 8. The lowest BCUT2D eigenvalue weighted by Gasteiger charge is -2.28. The van der Waals surface area contributed by atoms with Crippen molar-refractivity contribution in [1.82, 2.24) is 10.2 Å². The predicted octanol–water partition coefficient (Wildman–Crippen LogP) is 3.62. The Hall–Kier alpha value is -2.69. The van der Waals surface area contributed by atoms with Crippen LogP contribution in [-0.4, -0.2) is 29.3 Å². The van der Waals surface area contributed by atoms with E-state index in [-0.39, 0.29) is 24.2 Å². The SMILES string of the molecule is CCNC(=O)C(C)N(Cc1ccc(F)cc1)C(=O)CCc1ccc(C)cc1. The highest BCUT2D eigenvalue weighted by molar-refractivity contribution is 5.87. The number of amides is 2. The first-order valence-electron chi connectivity index (χ1n) is 9.28. The molecule has 2 amide bonds. The molecule has 1 atom stereocenters. The van der Waals surface area contributed by atoms with Gasteiger partial charge in [-0.2, -0.15) is 0 Å². The van der Waals surface area contributed by atoms with Crippen LogP contribution in [0.4, 0.5) is 4.39 Å². The van der Waals surface area contributed by atoms with Gasteiger partial charge in [0.2, 0.25) is 11.8 Å². The van der Waals surface area contributed by atoms with E-state index in [2.05, 4.69) is 5.32 Å². The number of nitrogens with one attached hydrogen (secondary N) is 1. The van der Waals surface area contributed by atoms with Crippen LogP contribution in [0.3, 0.4) is 0 Å². The number of benzene rings is 2. The molecule has 0 aliphatic heterocycles. The Morgan fingerprint density at radius 3 is 2.22 bits per heavy atom. The van der Waals surface area contributed by atoms with Crippen LogP contribution in [0.1, 0.15) is 37.0 Å². The third-order valence-electron chi connectivity index (χ3n) is 4.53. The van der Waals surface area contributed by atoms with Crippen molar-refractivity contribution in [3.63, 3.8) is 0 Å². The maximum absolute atomic E-state index is 13.2. The molecule has 0 spiro atoms. The van der Waals surface area contributed by atoms with E-state index in [4.69, 9.17) is 0 Å². The summed E-state index contributed by atoms with van der Waals surface area (Å²) in [6, 6.07) is 13.5. The van der Waals surface area contributed by atoms with Crippen LogP contribution in [0.5, 0.6) is 0 Å². The lowest BCUT2D eigenvalue weighted by molar-refractivity contribution is -0.140. The molecule has 2 aromatic carbocycles. The number of hydrogen-bond donors (Lipinski definition) is 1. The molecule has 1 unspecified atom stereocenters. The number of likely N-dealkylation sites (N-methyl/N-ethyl adjacent to an activating group) is 1. The van der Waals surface area contributed by atoms with Crippen molar-refractivity contribution in [2.24, 2.45) is 0 Å². The van der Waals surface area contributed by atoms with Crippen molar-refractivity contribution in [3.05, 3.63) is 71.0 Å². The first-order chi connectivity index (χ1) is 12.9. The standard InChI is InChI=1S/C22H27FN2O2/c1-4-24-22(27)17(3)25(15-19-9-12-20(23)13-10-19)21(26)14-11-18-7-5-16(2)6-8-18/h5-10,12-13,17H,4,11,14-15H2,1-3H3,(H,24,27). The van der Waals surface area contributed by atoms with Crippen molar-refractivity contribution in [2.45, 2.75) is 46.2 Å². The largest absolute Gasteiger partial charge is 0.355 e. The van der Waals surface area contributed by atoms with Gasteiger partial charge in [0, 0.05) is 19.5 Å². The zero-order valence-electron chi connectivity index (χ0n) is 16.2. The highest BCUT2D eigenvalue weighted by atomic mass is 19.1. The van der Waals surface area contributed by atoms with Gasteiger partial charge in [0.05, 0.1) is 0 Å². The van der Waals surface area contributed by atoms with Gasteiger partial charge in [-0.3, -0.25) is 9.59 Å². The summed E-state index contributed by atoms with van der Waals surface area (Å²) < 4.78 is 13.2. The van der Waals surface area contributed by atoms with Crippen molar-refractivity contribution < 1.29 is 14.0 Å². The molecule has 0 fully saturated rings. The number of aryl methyl sites for hydroxylation is 2. The molecule has 0 bridgehead atoms. The number of hydrogen-bond acceptors (Lipinski definition) is 2. The molecule has 0 saturated heterocycles. The maximum atomic E-state index is 13.2. The summed E-state index contributed by atoms with van der Waals surface area (Å²) in [5.74, 6) is -0.616. The molecule has 2 aromatic rings. The third-order valence-corrected chi connectivity index (χ3v) is 4.53. The second-order valence-corrected chi connectivity index (χ2v) is 6.70. The number of nitrogens with zero attached hydrogens (tertiary/aromatic N) is 1. The second-order valence-electron chi connectivity index (χ2n) is 6.70. The van der Waals surface area contributed by atoms with Crippen LogP contribution in [0.2, 0.25) is 0 Å². The molecule has 0 saturated carbocycles. The van der Waals surface area contributed by atoms with E-state index in [0.29, 0.717) is 19.4 Å². The number of halogens is 1. The minimum Gasteiger partial charge on any atom is -0.355 e. The fourth-order valence-electron chi connectivity index (χ4n) is 2.84. The number of carbonyl (C=O) groups excluding carboxylic acids is 2. The first kappa shape index (κ1) is 20.6. The minimum absolute atomic E-state index is 0.0985. The molecule has 4 nitrogen and oxygen atoms in total. The monoisotopic (exact) mass is 370 g/mol. The van der Waals surface area contributed by atoms with Gasteiger partial charge in [-0.05, 0) is 50.5 Å². The van der Waals surface area contributed by atoms with Crippen molar-refractivity contribution in [1.29, 1.82) is 0 Å². The van der Waals surface area contributed by atoms with Crippen molar-refractivity contribution in [2.75, 3.05) is 6.54 Å². The minimum atomic E-state index is -0.597. The van der Waals surface area contributed by atoms with E-state index in [0.717, 1.165) is 11.1 Å². The van der Waals surface area contributed by atoms with E-state index >= 15 is 0 Å². The van der Waals surface area contributed by atoms with Gasteiger partial charge in [0.15, 0.2) is 0 Å². The van der Waals surface area contributed by atoms with E-state index < -0.39 is 6.04 Å². The van der Waals surface area contributed by atoms with Crippen molar-refractivity contribution >= 4 is 11.8 Å². The Labute approximate surface area is 160 Å². The van der Waals surface area contributed by atoms with Crippen LogP contribution in [0.25, 0.3) is 0 Å². The molecule has 0 aromatic heterocycles. The summed E-state index contributed by atoms with van der Waals surface area (Å²) >= 11 is 0. The summed E-state index contributed by atoms with van der Waals surface area (Å²) in [5, 5.41) is 2.76. The zero-order chi connectivity index (χ0) is 19.8. The van der Waals surface area contributed by atoms with Crippen LogP contribution >= 0.6 is 0 Å². The highest BCUT2D eigenvalue weighted by Crippen LogP contribution is 2.14. The van der Waals surface area contributed by atoms with Crippen LogP contribution in [0.15, 0.2) is 48.5 Å². The normalized spacial score (nSPS) is 11.7. The Bertz CT molecular complexity index is 757. The quantitative estimate of drug-likeness (QED) is 0.772. The number of carbonyl (C=O) groups is 2. The van der Waals surface area contributed by atoms with Gasteiger partial charge in [0.25, 0.3) is 0 Å². The Balaban J connectivity index is 2.11. The summed E-state index contributed by atoms with van der Waals surface area (Å²) in [6.45, 7) is 6.36. The smallest absolute Gasteiger partial charge is 0.242 e. The molecule has 5 heteroatoms. The zero-order valence-corrected chi connectivity index (χ0v) is 16.2. The molecular formula is C22H27FN2O2.